The van der Waals surface area contributed by atoms with Crippen molar-refractivity contribution in [3.63, 3.8) is 0 Å². The average Bonchev–Trinajstić information content (AvgIpc) is 2.89. The van der Waals surface area contributed by atoms with E-state index >= 15 is 0 Å². The molecule has 2 saturated heterocycles. The molecule has 17 heavy (non-hydrogen) atoms. The number of piperidine rings is 1. The van der Waals surface area contributed by atoms with Gasteiger partial charge in [-0.05, 0) is 32.2 Å². The zero-order valence-electron chi connectivity index (χ0n) is 10.4. The molecule has 0 radical (unpaired) electrons. The van der Waals surface area contributed by atoms with Crippen molar-refractivity contribution in [2.24, 2.45) is 5.92 Å². The van der Waals surface area contributed by atoms with E-state index in [0.717, 1.165) is 58.4 Å². The van der Waals surface area contributed by atoms with Crippen molar-refractivity contribution in [2.75, 3.05) is 32.7 Å². The smallest absolute Gasteiger partial charge is 0.226 e. The van der Waals surface area contributed by atoms with Crippen molar-refractivity contribution in [2.45, 2.75) is 32.1 Å². The highest BCUT2D eigenvalue weighted by Crippen LogP contribution is 2.21. The predicted molar refractivity (Wildman–Crippen MR) is 65.2 cm³/mol. The van der Waals surface area contributed by atoms with Gasteiger partial charge in [-0.3, -0.25) is 4.79 Å². The minimum atomic E-state index is 0.181. The third-order valence-electron chi connectivity index (χ3n) is 3.81. The lowest BCUT2D eigenvalue weighted by Gasteiger charge is -2.33. The number of nitriles is 1. The van der Waals surface area contributed by atoms with Gasteiger partial charge >= 0.3 is 0 Å². The Morgan fingerprint density at radius 1 is 1.24 bits per heavy atom. The monoisotopic (exact) mass is 235 g/mol. The Balaban J connectivity index is 1.83. The molecule has 0 N–H and O–H groups in total. The SMILES string of the molecule is N#CCCN1CCCC(C(=O)N2CCCC2)C1. The quantitative estimate of drug-likeness (QED) is 0.739. The van der Waals surface area contributed by atoms with Gasteiger partial charge in [0, 0.05) is 32.6 Å². The maximum absolute atomic E-state index is 12.3. The van der Waals surface area contributed by atoms with Crippen LogP contribution in [0.1, 0.15) is 32.1 Å². The van der Waals surface area contributed by atoms with Crippen LogP contribution in [-0.4, -0.2) is 48.4 Å². The summed E-state index contributed by atoms with van der Waals surface area (Å²) >= 11 is 0. The van der Waals surface area contributed by atoms with Crippen LogP contribution in [0.4, 0.5) is 0 Å². The van der Waals surface area contributed by atoms with Gasteiger partial charge in [0.05, 0.1) is 12.0 Å². The van der Waals surface area contributed by atoms with E-state index in [4.69, 9.17) is 5.26 Å². The molecule has 0 aromatic heterocycles. The maximum Gasteiger partial charge on any atom is 0.226 e. The van der Waals surface area contributed by atoms with Crippen LogP contribution in [0.5, 0.6) is 0 Å². The van der Waals surface area contributed by atoms with Crippen LogP contribution in [0.2, 0.25) is 0 Å². The van der Waals surface area contributed by atoms with Crippen LogP contribution in [-0.2, 0) is 4.79 Å². The van der Waals surface area contributed by atoms with Crippen LogP contribution in [0.3, 0.4) is 0 Å². The molecular weight excluding hydrogens is 214 g/mol. The molecule has 94 valence electrons. The molecule has 0 aliphatic carbocycles. The third-order valence-corrected chi connectivity index (χ3v) is 3.81. The van der Waals surface area contributed by atoms with Crippen LogP contribution < -0.4 is 0 Å². The standard InChI is InChI=1S/C13H21N3O/c14-6-4-8-15-7-3-5-12(11-15)13(17)16-9-1-2-10-16/h12H,1-5,7-11H2. The lowest BCUT2D eigenvalue weighted by atomic mass is 9.96. The average molecular weight is 235 g/mol. The Morgan fingerprint density at radius 2 is 2.00 bits per heavy atom. The summed E-state index contributed by atoms with van der Waals surface area (Å²) in [6, 6.07) is 2.18. The molecule has 1 amide bonds. The maximum atomic E-state index is 12.3. The summed E-state index contributed by atoms with van der Waals surface area (Å²) in [6.45, 7) is 4.63. The first-order chi connectivity index (χ1) is 8.31. The van der Waals surface area contributed by atoms with Crippen LogP contribution in [0.25, 0.3) is 0 Å². The molecular formula is C13H21N3O. The summed E-state index contributed by atoms with van der Waals surface area (Å²) in [4.78, 5) is 16.5. The van der Waals surface area contributed by atoms with Gasteiger partial charge in [-0.2, -0.15) is 5.26 Å². The normalized spacial score (nSPS) is 25.8. The molecule has 2 aliphatic rings. The van der Waals surface area contributed by atoms with Crippen LogP contribution in [0.15, 0.2) is 0 Å². The zero-order valence-corrected chi connectivity index (χ0v) is 10.4. The predicted octanol–water partition coefficient (Wildman–Crippen LogP) is 1.23. The number of likely N-dealkylation sites (tertiary alicyclic amines) is 2. The second-order valence-electron chi connectivity index (χ2n) is 5.08. The Hall–Kier alpha value is -1.08. The van der Waals surface area contributed by atoms with Crippen molar-refractivity contribution in [1.82, 2.24) is 9.80 Å². The largest absolute Gasteiger partial charge is 0.342 e. The first-order valence-corrected chi connectivity index (χ1v) is 6.69. The fraction of sp³-hybridized carbons (Fsp3) is 0.846. The Labute approximate surface area is 103 Å². The van der Waals surface area contributed by atoms with E-state index in [1.165, 1.54) is 0 Å². The number of nitrogens with zero attached hydrogens (tertiary/aromatic N) is 3. The molecule has 4 heteroatoms. The molecule has 1 atom stereocenters. The van der Waals surface area contributed by atoms with Gasteiger partial charge in [-0.15, -0.1) is 0 Å². The van der Waals surface area contributed by atoms with Gasteiger partial charge in [-0.25, -0.2) is 0 Å². The molecule has 2 rings (SSSR count). The first-order valence-electron chi connectivity index (χ1n) is 6.69. The van der Waals surface area contributed by atoms with Gasteiger partial charge in [0.2, 0.25) is 5.91 Å². The number of carbonyl (C=O) groups excluding carboxylic acids is 1. The summed E-state index contributed by atoms with van der Waals surface area (Å²) in [5, 5.41) is 8.59. The van der Waals surface area contributed by atoms with Gasteiger partial charge in [0.15, 0.2) is 0 Å². The fourth-order valence-corrected chi connectivity index (χ4v) is 2.86. The summed E-state index contributed by atoms with van der Waals surface area (Å²) in [6.07, 6.45) is 5.02. The number of carbonyl (C=O) groups is 1. The van der Waals surface area contributed by atoms with Gasteiger partial charge < -0.3 is 9.80 Å². The molecule has 2 aliphatic heterocycles. The van der Waals surface area contributed by atoms with Crippen molar-refractivity contribution in [3.05, 3.63) is 0 Å². The van der Waals surface area contributed by atoms with E-state index in [0.29, 0.717) is 12.3 Å². The highest BCUT2D eigenvalue weighted by Gasteiger charge is 2.30. The molecule has 1 unspecified atom stereocenters. The van der Waals surface area contributed by atoms with Gasteiger partial charge in [0.1, 0.15) is 0 Å². The summed E-state index contributed by atoms with van der Waals surface area (Å²) in [5.74, 6) is 0.532. The minimum absolute atomic E-state index is 0.181. The first kappa shape index (κ1) is 12.4. The highest BCUT2D eigenvalue weighted by molar-refractivity contribution is 5.79. The van der Waals surface area contributed by atoms with Gasteiger partial charge in [0.25, 0.3) is 0 Å². The number of hydrogen-bond donors (Lipinski definition) is 0. The summed E-state index contributed by atoms with van der Waals surface area (Å²) in [7, 11) is 0. The van der Waals surface area contributed by atoms with E-state index in [1.54, 1.807) is 0 Å². The number of hydrogen-bond acceptors (Lipinski definition) is 3. The molecule has 0 aromatic rings. The van der Waals surface area contributed by atoms with Crippen molar-refractivity contribution in [3.8, 4) is 6.07 Å². The van der Waals surface area contributed by atoms with Gasteiger partial charge in [-0.1, -0.05) is 0 Å². The highest BCUT2D eigenvalue weighted by atomic mass is 16.2. The number of amides is 1. The van der Waals surface area contributed by atoms with E-state index in [-0.39, 0.29) is 5.92 Å². The second kappa shape index (κ2) is 6.02. The molecule has 2 heterocycles. The lowest BCUT2D eigenvalue weighted by Crippen LogP contribution is -2.44. The zero-order chi connectivity index (χ0) is 12.1. The van der Waals surface area contributed by atoms with Crippen LogP contribution >= 0.6 is 0 Å². The third kappa shape index (κ3) is 3.19. The van der Waals surface area contributed by atoms with Crippen LogP contribution in [0, 0.1) is 17.2 Å². The fourth-order valence-electron chi connectivity index (χ4n) is 2.86. The topological polar surface area (TPSA) is 47.3 Å². The molecule has 0 saturated carbocycles. The lowest BCUT2D eigenvalue weighted by molar-refractivity contribution is -0.136. The Bertz CT molecular complexity index is 304. The Kier molecular flexibility index (Phi) is 4.38. The Morgan fingerprint density at radius 3 is 2.71 bits per heavy atom. The van der Waals surface area contributed by atoms with E-state index in [1.807, 2.05) is 4.90 Å². The second-order valence-corrected chi connectivity index (χ2v) is 5.08. The van der Waals surface area contributed by atoms with E-state index in [2.05, 4.69) is 11.0 Å². The van der Waals surface area contributed by atoms with E-state index in [9.17, 15) is 4.79 Å². The molecule has 4 nitrogen and oxygen atoms in total. The molecule has 0 bridgehead atoms. The van der Waals surface area contributed by atoms with Crippen molar-refractivity contribution < 1.29 is 4.79 Å². The summed E-state index contributed by atoms with van der Waals surface area (Å²) in [5.41, 5.74) is 0. The molecule has 2 fully saturated rings. The summed E-state index contributed by atoms with van der Waals surface area (Å²) < 4.78 is 0. The van der Waals surface area contributed by atoms with E-state index < -0.39 is 0 Å². The van der Waals surface area contributed by atoms with Crippen molar-refractivity contribution in [1.29, 1.82) is 5.26 Å². The molecule has 0 spiro atoms. The number of rotatable bonds is 3. The molecule has 0 aromatic carbocycles. The minimum Gasteiger partial charge on any atom is -0.342 e. The van der Waals surface area contributed by atoms with Crippen molar-refractivity contribution >= 4 is 5.91 Å².